The number of rotatable bonds is 5. The lowest BCUT2D eigenvalue weighted by Gasteiger charge is -2.19. The molecule has 2 atom stereocenters. The van der Waals surface area contributed by atoms with Gasteiger partial charge in [0.05, 0.1) is 18.8 Å². The van der Waals surface area contributed by atoms with Crippen molar-refractivity contribution in [2.24, 2.45) is 5.92 Å². The molecule has 2 aromatic rings. The molecule has 1 aliphatic heterocycles. The van der Waals surface area contributed by atoms with Crippen LogP contribution < -0.4 is 5.32 Å². The fraction of sp³-hybridized carbons (Fsp3) is 0.368. The van der Waals surface area contributed by atoms with Gasteiger partial charge in [0, 0.05) is 24.9 Å². The van der Waals surface area contributed by atoms with Gasteiger partial charge < -0.3 is 10.1 Å². The Morgan fingerprint density at radius 2 is 1.80 bits per heavy atom. The second-order valence-electron chi connectivity index (χ2n) is 6.30. The lowest BCUT2D eigenvalue weighted by atomic mass is 9.89. The van der Waals surface area contributed by atoms with Gasteiger partial charge >= 0.3 is 6.18 Å². The van der Waals surface area contributed by atoms with E-state index >= 15 is 0 Å². The number of hydrogen-bond acceptors (Lipinski definition) is 2. The monoisotopic (exact) mass is 353 g/mol. The maximum absolute atomic E-state index is 13.4. The van der Waals surface area contributed by atoms with Gasteiger partial charge in [0.25, 0.3) is 0 Å². The number of hydrogen-bond donors (Lipinski definition) is 1. The van der Waals surface area contributed by atoms with Crippen LogP contribution in [-0.2, 0) is 17.5 Å². The fourth-order valence-electron chi connectivity index (χ4n) is 3.22. The van der Waals surface area contributed by atoms with E-state index in [1.807, 2.05) is 18.2 Å². The van der Waals surface area contributed by atoms with Crippen molar-refractivity contribution in [3.63, 3.8) is 0 Å². The van der Waals surface area contributed by atoms with Crippen LogP contribution in [0.1, 0.15) is 22.6 Å². The van der Waals surface area contributed by atoms with Gasteiger partial charge in [0.1, 0.15) is 5.82 Å². The third-order valence-corrected chi connectivity index (χ3v) is 4.45. The van der Waals surface area contributed by atoms with E-state index in [0.29, 0.717) is 18.6 Å². The van der Waals surface area contributed by atoms with E-state index in [0.717, 1.165) is 25.2 Å². The normalized spacial score (nSPS) is 20.8. The fourth-order valence-corrected chi connectivity index (χ4v) is 3.22. The molecule has 1 fully saturated rings. The summed E-state index contributed by atoms with van der Waals surface area (Å²) >= 11 is 0. The number of ether oxygens (including phenoxy) is 1. The van der Waals surface area contributed by atoms with Crippen LogP contribution in [0, 0.1) is 11.7 Å². The highest BCUT2D eigenvalue weighted by Gasteiger charge is 2.31. The van der Waals surface area contributed by atoms with Crippen molar-refractivity contribution in [1.82, 2.24) is 5.32 Å². The molecule has 0 amide bonds. The predicted molar refractivity (Wildman–Crippen MR) is 86.6 cm³/mol. The summed E-state index contributed by atoms with van der Waals surface area (Å²) < 4.78 is 57.2. The van der Waals surface area contributed by atoms with Gasteiger partial charge in [-0.25, -0.2) is 4.39 Å². The minimum Gasteiger partial charge on any atom is -0.376 e. The zero-order chi connectivity index (χ0) is 17.9. The van der Waals surface area contributed by atoms with Crippen molar-refractivity contribution in [3.8, 4) is 0 Å². The SMILES string of the molecule is Fc1cc(COCC2CNCC2c2ccccc2)cc(C(F)(F)F)c1. The van der Waals surface area contributed by atoms with E-state index in [4.69, 9.17) is 4.74 Å². The van der Waals surface area contributed by atoms with Gasteiger partial charge in [-0.1, -0.05) is 30.3 Å². The first kappa shape index (κ1) is 17.9. The standard InChI is InChI=1S/C19H19F4NO/c20-17-7-13(6-16(8-17)19(21,22)23)11-25-12-15-9-24-10-18(15)14-4-2-1-3-5-14/h1-8,15,18,24H,9-12H2. The third-order valence-electron chi connectivity index (χ3n) is 4.45. The molecule has 0 spiro atoms. The van der Waals surface area contributed by atoms with Crippen LogP contribution in [0.4, 0.5) is 17.6 Å². The molecule has 0 bridgehead atoms. The second kappa shape index (κ2) is 7.54. The highest BCUT2D eigenvalue weighted by Crippen LogP contribution is 2.31. The van der Waals surface area contributed by atoms with Crippen molar-refractivity contribution < 1.29 is 22.3 Å². The summed E-state index contributed by atoms with van der Waals surface area (Å²) in [6.07, 6.45) is -4.56. The summed E-state index contributed by atoms with van der Waals surface area (Å²) in [7, 11) is 0. The molecular weight excluding hydrogens is 334 g/mol. The minimum atomic E-state index is -4.56. The number of nitrogens with one attached hydrogen (secondary N) is 1. The lowest BCUT2D eigenvalue weighted by molar-refractivity contribution is -0.137. The largest absolute Gasteiger partial charge is 0.416 e. The molecule has 1 aliphatic rings. The molecule has 6 heteroatoms. The van der Waals surface area contributed by atoms with Crippen LogP contribution in [0.2, 0.25) is 0 Å². The maximum atomic E-state index is 13.4. The smallest absolute Gasteiger partial charge is 0.376 e. The van der Waals surface area contributed by atoms with Crippen LogP contribution in [0.5, 0.6) is 0 Å². The Labute approximate surface area is 143 Å². The van der Waals surface area contributed by atoms with Crippen molar-refractivity contribution >= 4 is 0 Å². The van der Waals surface area contributed by atoms with Crippen molar-refractivity contribution in [3.05, 3.63) is 71.0 Å². The second-order valence-corrected chi connectivity index (χ2v) is 6.30. The van der Waals surface area contributed by atoms with Gasteiger partial charge in [-0.15, -0.1) is 0 Å². The van der Waals surface area contributed by atoms with Crippen LogP contribution in [0.25, 0.3) is 0 Å². The third kappa shape index (κ3) is 4.58. The molecule has 25 heavy (non-hydrogen) atoms. The predicted octanol–water partition coefficient (Wildman–Crippen LogP) is 4.36. The summed E-state index contributed by atoms with van der Waals surface area (Å²) in [6.45, 7) is 2.00. The molecule has 2 aromatic carbocycles. The van der Waals surface area contributed by atoms with Crippen molar-refractivity contribution in [2.45, 2.75) is 18.7 Å². The minimum absolute atomic E-state index is 0.0428. The van der Waals surface area contributed by atoms with E-state index in [-0.39, 0.29) is 18.1 Å². The van der Waals surface area contributed by atoms with Crippen LogP contribution >= 0.6 is 0 Å². The van der Waals surface area contributed by atoms with Gasteiger partial charge in [0.15, 0.2) is 0 Å². The Morgan fingerprint density at radius 1 is 1.04 bits per heavy atom. The van der Waals surface area contributed by atoms with Gasteiger partial charge in [-0.2, -0.15) is 13.2 Å². The molecule has 0 aliphatic carbocycles. The quantitative estimate of drug-likeness (QED) is 0.807. The number of halogens is 4. The molecule has 2 unspecified atom stereocenters. The summed E-state index contributed by atoms with van der Waals surface area (Å²) in [5, 5.41) is 3.32. The molecular formula is C19H19F4NO. The van der Waals surface area contributed by atoms with E-state index < -0.39 is 17.6 Å². The van der Waals surface area contributed by atoms with Gasteiger partial charge in [-0.05, 0) is 29.3 Å². The summed E-state index contributed by atoms with van der Waals surface area (Å²) in [5.41, 5.74) is 0.413. The van der Waals surface area contributed by atoms with Crippen LogP contribution in [0.3, 0.4) is 0 Å². The van der Waals surface area contributed by atoms with Gasteiger partial charge in [0.2, 0.25) is 0 Å². The molecule has 0 aromatic heterocycles. The Kier molecular flexibility index (Phi) is 5.39. The van der Waals surface area contributed by atoms with Gasteiger partial charge in [-0.3, -0.25) is 0 Å². The Bertz CT molecular complexity index is 702. The molecule has 1 heterocycles. The Hall–Kier alpha value is -1.92. The van der Waals surface area contributed by atoms with Crippen LogP contribution in [0.15, 0.2) is 48.5 Å². The first-order chi connectivity index (χ1) is 11.9. The summed E-state index contributed by atoms with van der Waals surface area (Å²) in [5.74, 6) is -0.365. The molecule has 1 saturated heterocycles. The topological polar surface area (TPSA) is 21.3 Å². The first-order valence-electron chi connectivity index (χ1n) is 8.13. The van der Waals surface area contributed by atoms with E-state index in [2.05, 4.69) is 17.4 Å². The molecule has 0 saturated carbocycles. The summed E-state index contributed by atoms with van der Waals surface area (Å²) in [4.78, 5) is 0. The summed E-state index contributed by atoms with van der Waals surface area (Å²) in [6, 6.07) is 12.6. The zero-order valence-corrected chi connectivity index (χ0v) is 13.5. The zero-order valence-electron chi connectivity index (χ0n) is 13.5. The highest BCUT2D eigenvalue weighted by molar-refractivity contribution is 5.26. The van der Waals surface area contributed by atoms with Crippen molar-refractivity contribution in [2.75, 3.05) is 19.7 Å². The first-order valence-corrected chi connectivity index (χ1v) is 8.13. The Morgan fingerprint density at radius 3 is 2.52 bits per heavy atom. The average Bonchev–Trinajstić information content (AvgIpc) is 3.03. The number of benzene rings is 2. The number of alkyl halides is 3. The maximum Gasteiger partial charge on any atom is 0.416 e. The van der Waals surface area contributed by atoms with E-state index in [1.165, 1.54) is 5.56 Å². The molecule has 2 nitrogen and oxygen atoms in total. The lowest BCUT2D eigenvalue weighted by Crippen LogP contribution is -2.17. The van der Waals surface area contributed by atoms with E-state index in [1.54, 1.807) is 0 Å². The molecule has 134 valence electrons. The molecule has 1 N–H and O–H groups in total. The van der Waals surface area contributed by atoms with E-state index in [9.17, 15) is 17.6 Å². The van der Waals surface area contributed by atoms with Crippen LogP contribution in [-0.4, -0.2) is 19.7 Å². The molecule has 0 radical (unpaired) electrons. The molecule has 3 rings (SSSR count). The Balaban J connectivity index is 1.60. The highest BCUT2D eigenvalue weighted by atomic mass is 19.4. The average molecular weight is 353 g/mol. The van der Waals surface area contributed by atoms with Crippen molar-refractivity contribution in [1.29, 1.82) is 0 Å².